The van der Waals surface area contributed by atoms with Crippen LogP contribution in [0.15, 0.2) is 30.3 Å². The molecule has 1 aliphatic heterocycles. The summed E-state index contributed by atoms with van der Waals surface area (Å²) >= 11 is 0. The maximum atomic E-state index is 13.5. The van der Waals surface area contributed by atoms with Gasteiger partial charge >= 0.3 is 18.2 Å². The first kappa shape index (κ1) is 25.3. The van der Waals surface area contributed by atoms with Gasteiger partial charge in [-0.05, 0) is 30.9 Å². The third kappa shape index (κ3) is 5.09. The van der Waals surface area contributed by atoms with Gasteiger partial charge in [-0.15, -0.1) is 0 Å². The second-order valence-electron chi connectivity index (χ2n) is 8.33. The van der Waals surface area contributed by atoms with Crippen LogP contribution < -0.4 is 18.9 Å². The van der Waals surface area contributed by atoms with Crippen molar-refractivity contribution in [3.8, 4) is 28.7 Å². The van der Waals surface area contributed by atoms with Crippen LogP contribution >= 0.6 is 0 Å². The van der Waals surface area contributed by atoms with Gasteiger partial charge in [-0.2, -0.15) is 17.6 Å². The molecule has 0 N–H and O–H groups in total. The van der Waals surface area contributed by atoms with E-state index >= 15 is 0 Å². The number of methoxy groups -OCH3 is 1. The lowest BCUT2D eigenvalue weighted by atomic mass is 9.90. The number of hydrogen-bond donors (Lipinski definition) is 0. The smallest absolute Gasteiger partial charge is 0.493 e. The number of nitro benzene ring substituents is 1. The zero-order valence-corrected chi connectivity index (χ0v) is 18.9. The number of carbonyl (C=O) groups excluding carboxylic acids is 1. The van der Waals surface area contributed by atoms with Crippen LogP contribution in [0.5, 0.6) is 28.7 Å². The van der Waals surface area contributed by atoms with E-state index in [-0.39, 0.29) is 29.8 Å². The maximum Gasteiger partial charge on any atom is 0.507 e. The molecular formula is C23H21F4NO8. The molecule has 36 heavy (non-hydrogen) atoms. The molecule has 0 unspecified atom stereocenters. The van der Waals surface area contributed by atoms with Gasteiger partial charge in [0.15, 0.2) is 23.0 Å². The number of benzene rings is 2. The van der Waals surface area contributed by atoms with Crippen molar-refractivity contribution in [1.82, 2.24) is 0 Å². The zero-order valence-electron chi connectivity index (χ0n) is 18.9. The molecule has 1 heterocycles. The van der Waals surface area contributed by atoms with Gasteiger partial charge in [0.05, 0.1) is 24.7 Å². The molecule has 0 aromatic heterocycles. The van der Waals surface area contributed by atoms with Crippen molar-refractivity contribution < 1.29 is 51.0 Å². The number of nitro groups is 1. The topological polar surface area (TPSA) is 106 Å². The normalized spacial score (nSPS) is 18.2. The summed E-state index contributed by atoms with van der Waals surface area (Å²) in [4.78, 5) is 23.5. The molecule has 9 nitrogen and oxygen atoms in total. The Bertz CT molecular complexity index is 1170. The summed E-state index contributed by atoms with van der Waals surface area (Å²) < 4.78 is 77.9. The molecule has 0 radical (unpaired) electrons. The van der Waals surface area contributed by atoms with Gasteiger partial charge in [0.1, 0.15) is 11.3 Å². The van der Waals surface area contributed by atoms with E-state index < -0.39 is 45.9 Å². The standard InChI is InChI=1S/C23H21F4NO8/c1-32-18-11-16(28(30)31)15(21(29)33-12-13-5-3-2-4-6-13)10-19(18)34-14-7-8-17-20(9-14)36-23(26,27)22(24,25)35-17/h7-11,13H,2-6,12H2,1H3. The van der Waals surface area contributed by atoms with Crippen molar-refractivity contribution in [2.45, 2.75) is 44.3 Å². The number of nitrogens with zero attached hydrogens (tertiary/aromatic N) is 1. The highest BCUT2D eigenvalue weighted by molar-refractivity contribution is 5.95. The second kappa shape index (κ2) is 9.70. The third-order valence-corrected chi connectivity index (χ3v) is 5.83. The Morgan fingerprint density at radius 3 is 2.33 bits per heavy atom. The van der Waals surface area contributed by atoms with E-state index in [9.17, 15) is 32.5 Å². The molecule has 1 aliphatic carbocycles. The van der Waals surface area contributed by atoms with Crippen molar-refractivity contribution >= 4 is 11.7 Å². The van der Waals surface area contributed by atoms with E-state index in [0.29, 0.717) is 0 Å². The van der Waals surface area contributed by atoms with Crippen LogP contribution in [0, 0.1) is 16.0 Å². The minimum Gasteiger partial charge on any atom is -0.493 e. The maximum absolute atomic E-state index is 13.5. The predicted molar refractivity (Wildman–Crippen MR) is 114 cm³/mol. The third-order valence-electron chi connectivity index (χ3n) is 5.83. The molecule has 13 heteroatoms. The van der Waals surface area contributed by atoms with Crippen molar-refractivity contribution in [2.24, 2.45) is 5.92 Å². The Hall–Kier alpha value is -3.77. The van der Waals surface area contributed by atoms with Crippen molar-refractivity contribution in [3.63, 3.8) is 0 Å². The zero-order chi connectivity index (χ0) is 26.1. The SMILES string of the molecule is COc1cc([N+](=O)[O-])c(C(=O)OCC2CCCCC2)cc1Oc1ccc2c(c1)OC(F)(F)C(F)(F)O2. The van der Waals surface area contributed by atoms with Crippen LogP contribution in [-0.4, -0.2) is 36.8 Å². The Kier molecular flexibility index (Phi) is 6.83. The summed E-state index contributed by atoms with van der Waals surface area (Å²) in [5.41, 5.74) is -0.993. The number of carbonyl (C=O) groups is 1. The first-order valence-corrected chi connectivity index (χ1v) is 11.0. The lowest BCUT2D eigenvalue weighted by Crippen LogP contribution is -2.52. The van der Waals surface area contributed by atoms with Gasteiger partial charge in [-0.25, -0.2) is 4.79 Å². The van der Waals surface area contributed by atoms with Crippen LogP contribution in [0.25, 0.3) is 0 Å². The highest BCUT2D eigenvalue weighted by Crippen LogP contribution is 2.48. The number of halogens is 4. The number of fused-ring (bicyclic) bond motifs is 1. The summed E-state index contributed by atoms with van der Waals surface area (Å²) in [6.07, 6.45) is -4.89. The monoisotopic (exact) mass is 515 g/mol. The van der Waals surface area contributed by atoms with Crippen LogP contribution in [0.1, 0.15) is 42.5 Å². The molecule has 0 saturated heterocycles. The van der Waals surface area contributed by atoms with Crippen LogP contribution in [-0.2, 0) is 4.74 Å². The molecular weight excluding hydrogens is 494 g/mol. The van der Waals surface area contributed by atoms with E-state index in [0.717, 1.165) is 62.4 Å². The average molecular weight is 515 g/mol. The molecule has 0 atom stereocenters. The molecule has 1 fully saturated rings. The highest BCUT2D eigenvalue weighted by Gasteiger charge is 2.66. The number of alkyl halides is 4. The minimum atomic E-state index is -4.93. The fourth-order valence-electron chi connectivity index (χ4n) is 3.97. The summed E-state index contributed by atoms with van der Waals surface area (Å²) in [7, 11) is 1.19. The van der Waals surface area contributed by atoms with E-state index in [4.69, 9.17) is 14.2 Å². The van der Waals surface area contributed by atoms with Gasteiger partial charge < -0.3 is 23.7 Å². The van der Waals surface area contributed by atoms with E-state index in [1.807, 2.05) is 0 Å². The number of ether oxygens (including phenoxy) is 5. The fourth-order valence-corrected chi connectivity index (χ4v) is 3.97. The summed E-state index contributed by atoms with van der Waals surface area (Å²) in [6, 6.07) is 4.88. The lowest BCUT2D eigenvalue weighted by Gasteiger charge is -2.31. The quantitative estimate of drug-likeness (QED) is 0.189. The molecule has 1 saturated carbocycles. The minimum absolute atomic E-state index is 0.110. The molecule has 2 aliphatic rings. The van der Waals surface area contributed by atoms with Crippen LogP contribution in [0.2, 0.25) is 0 Å². The lowest BCUT2D eigenvalue weighted by molar-refractivity contribution is -0.391. The van der Waals surface area contributed by atoms with Gasteiger partial charge in [0.25, 0.3) is 5.69 Å². The van der Waals surface area contributed by atoms with Gasteiger partial charge in [0, 0.05) is 12.1 Å². The van der Waals surface area contributed by atoms with Crippen molar-refractivity contribution in [2.75, 3.05) is 13.7 Å². The van der Waals surface area contributed by atoms with E-state index in [1.54, 1.807) is 0 Å². The molecule has 194 valence electrons. The highest BCUT2D eigenvalue weighted by atomic mass is 19.3. The summed E-state index contributed by atoms with van der Waals surface area (Å²) in [5, 5.41) is 11.6. The van der Waals surface area contributed by atoms with Gasteiger partial charge in [-0.1, -0.05) is 19.3 Å². The predicted octanol–water partition coefficient (Wildman–Crippen LogP) is 6.09. The summed E-state index contributed by atoms with van der Waals surface area (Å²) in [5.74, 6) is -2.69. The van der Waals surface area contributed by atoms with Crippen LogP contribution in [0.4, 0.5) is 23.2 Å². The van der Waals surface area contributed by atoms with E-state index in [1.165, 1.54) is 7.11 Å². The van der Waals surface area contributed by atoms with Gasteiger partial charge in [-0.3, -0.25) is 10.1 Å². The van der Waals surface area contributed by atoms with Gasteiger partial charge in [0.2, 0.25) is 0 Å². The number of rotatable bonds is 7. The van der Waals surface area contributed by atoms with Crippen molar-refractivity contribution in [1.29, 1.82) is 0 Å². The largest absolute Gasteiger partial charge is 0.507 e. The first-order chi connectivity index (χ1) is 17.0. The molecule has 2 aromatic carbocycles. The molecule has 2 aromatic rings. The number of esters is 1. The molecule has 0 spiro atoms. The fraction of sp³-hybridized carbons (Fsp3) is 0.435. The van der Waals surface area contributed by atoms with Crippen LogP contribution in [0.3, 0.4) is 0 Å². The molecule has 4 rings (SSSR count). The molecule has 0 amide bonds. The van der Waals surface area contributed by atoms with Crippen molar-refractivity contribution in [3.05, 3.63) is 46.0 Å². The first-order valence-electron chi connectivity index (χ1n) is 11.0. The number of hydrogen-bond acceptors (Lipinski definition) is 8. The average Bonchev–Trinajstić information content (AvgIpc) is 2.83. The Morgan fingerprint density at radius 1 is 1.03 bits per heavy atom. The Labute approximate surface area is 202 Å². The Morgan fingerprint density at radius 2 is 1.69 bits per heavy atom. The Balaban J connectivity index is 1.61. The molecule has 0 bridgehead atoms. The second-order valence-corrected chi connectivity index (χ2v) is 8.33. The summed E-state index contributed by atoms with van der Waals surface area (Å²) in [6.45, 7) is 0.110. The van der Waals surface area contributed by atoms with E-state index in [2.05, 4.69) is 9.47 Å².